The van der Waals surface area contributed by atoms with Crippen LogP contribution in [0.5, 0.6) is 0 Å². The number of benzene rings is 2. The zero-order valence-electron chi connectivity index (χ0n) is 19.5. The molecule has 0 N–H and O–H groups in total. The lowest BCUT2D eigenvalue weighted by Crippen LogP contribution is -2.48. The Labute approximate surface area is 193 Å². The van der Waals surface area contributed by atoms with E-state index in [1.165, 1.54) is 35.3 Å². The number of thioether (sulfide) groups is 1. The second-order valence-corrected chi connectivity index (χ2v) is 11.4. The van der Waals surface area contributed by atoms with Gasteiger partial charge in [0.15, 0.2) is 0 Å². The molecule has 1 saturated heterocycles. The molecule has 1 aliphatic carbocycles. The number of ether oxygens (including phenoxy) is 1. The molecule has 1 fully saturated rings. The standard InChI is InChI=1S/C26H30FNO3S/c1-16-12-19-20(25(4,5)11-10-24(19,2)3)14-21(16)28-22(29)23(30)32-26(28,31-6)15-17-8-7-9-18(27)13-17/h7-9,12-14H,10-11,15H2,1-6H3. The van der Waals surface area contributed by atoms with Gasteiger partial charge in [0.2, 0.25) is 5.06 Å². The van der Waals surface area contributed by atoms with Gasteiger partial charge in [0.25, 0.3) is 5.12 Å². The normalized spacial score (nSPS) is 24.0. The lowest BCUT2D eigenvalue weighted by Gasteiger charge is -2.43. The molecule has 0 bridgehead atoms. The fraction of sp³-hybridized carbons (Fsp3) is 0.462. The molecule has 0 spiro atoms. The Morgan fingerprint density at radius 2 is 1.66 bits per heavy atom. The number of carbonyl (C=O) groups is 2. The Balaban J connectivity index is 1.88. The molecule has 1 atom stereocenters. The Morgan fingerprint density at radius 1 is 1.03 bits per heavy atom. The van der Waals surface area contributed by atoms with E-state index >= 15 is 0 Å². The van der Waals surface area contributed by atoms with Crippen LogP contribution in [0.3, 0.4) is 0 Å². The molecule has 1 unspecified atom stereocenters. The zero-order valence-corrected chi connectivity index (χ0v) is 20.4. The van der Waals surface area contributed by atoms with E-state index in [1.807, 2.05) is 6.92 Å². The maximum absolute atomic E-state index is 13.9. The highest BCUT2D eigenvalue weighted by molar-refractivity contribution is 8.17. The van der Waals surface area contributed by atoms with Crippen LogP contribution in [0.2, 0.25) is 0 Å². The van der Waals surface area contributed by atoms with Crippen LogP contribution < -0.4 is 4.90 Å². The summed E-state index contributed by atoms with van der Waals surface area (Å²) in [5.74, 6) is -0.973. The minimum absolute atomic E-state index is 0.0354. The quantitative estimate of drug-likeness (QED) is 0.561. The average molecular weight is 456 g/mol. The highest BCUT2D eigenvalue weighted by Crippen LogP contribution is 2.50. The molecule has 1 heterocycles. The molecule has 0 radical (unpaired) electrons. The Kier molecular flexibility index (Phi) is 5.53. The highest BCUT2D eigenvalue weighted by atomic mass is 32.2. The Bertz CT molecular complexity index is 1110. The van der Waals surface area contributed by atoms with Crippen molar-refractivity contribution in [3.8, 4) is 0 Å². The number of aryl methyl sites for hydroxylation is 1. The van der Waals surface area contributed by atoms with Crippen LogP contribution in [-0.4, -0.2) is 23.2 Å². The SMILES string of the molecule is COC1(Cc2cccc(F)c2)SC(=O)C(=O)N1c1cc2c(cc1C)C(C)(C)CCC2(C)C. The first-order valence-electron chi connectivity index (χ1n) is 10.9. The molecule has 4 rings (SSSR count). The van der Waals surface area contributed by atoms with Crippen LogP contribution in [-0.2, 0) is 31.6 Å². The Hall–Kier alpha value is -2.18. The number of rotatable bonds is 4. The lowest BCUT2D eigenvalue weighted by molar-refractivity contribution is -0.131. The third-order valence-electron chi connectivity index (χ3n) is 7.02. The predicted octanol–water partition coefficient (Wildman–Crippen LogP) is 5.63. The third kappa shape index (κ3) is 3.67. The van der Waals surface area contributed by atoms with Crippen molar-refractivity contribution >= 4 is 28.5 Å². The van der Waals surface area contributed by atoms with E-state index in [1.54, 1.807) is 12.1 Å². The first kappa shape index (κ1) is 23.0. The summed E-state index contributed by atoms with van der Waals surface area (Å²) in [7, 11) is 1.49. The van der Waals surface area contributed by atoms with Gasteiger partial charge in [-0.3, -0.25) is 14.5 Å². The first-order chi connectivity index (χ1) is 14.9. The second-order valence-electron chi connectivity index (χ2n) is 10.2. The summed E-state index contributed by atoms with van der Waals surface area (Å²) in [6.45, 7) is 10.9. The van der Waals surface area contributed by atoms with Crippen molar-refractivity contribution in [2.75, 3.05) is 12.0 Å². The van der Waals surface area contributed by atoms with Crippen molar-refractivity contribution in [2.45, 2.75) is 69.8 Å². The predicted molar refractivity (Wildman–Crippen MR) is 126 cm³/mol. The van der Waals surface area contributed by atoms with E-state index in [9.17, 15) is 14.0 Å². The van der Waals surface area contributed by atoms with Gasteiger partial charge in [-0.15, -0.1) is 0 Å². The molecule has 32 heavy (non-hydrogen) atoms. The number of fused-ring (bicyclic) bond motifs is 1. The van der Waals surface area contributed by atoms with Gasteiger partial charge in [0.05, 0.1) is 5.69 Å². The van der Waals surface area contributed by atoms with Gasteiger partial charge in [-0.05, 0) is 82.8 Å². The van der Waals surface area contributed by atoms with E-state index in [4.69, 9.17) is 4.74 Å². The number of carbonyl (C=O) groups excluding carboxylic acids is 2. The van der Waals surface area contributed by atoms with Gasteiger partial charge in [0.1, 0.15) is 5.82 Å². The molecule has 2 aliphatic rings. The van der Waals surface area contributed by atoms with Gasteiger partial charge >= 0.3 is 5.91 Å². The van der Waals surface area contributed by atoms with Gasteiger partial charge < -0.3 is 4.74 Å². The van der Waals surface area contributed by atoms with Crippen LogP contribution >= 0.6 is 11.8 Å². The summed E-state index contributed by atoms with van der Waals surface area (Å²) >= 11 is 0.863. The summed E-state index contributed by atoms with van der Waals surface area (Å²) in [6.07, 6.45) is 2.31. The maximum atomic E-state index is 13.9. The third-order valence-corrected chi connectivity index (χ3v) is 8.19. The van der Waals surface area contributed by atoms with Gasteiger partial charge in [-0.25, -0.2) is 4.39 Å². The number of hydrogen-bond acceptors (Lipinski definition) is 4. The Morgan fingerprint density at radius 3 is 2.25 bits per heavy atom. The number of anilines is 1. The lowest BCUT2D eigenvalue weighted by atomic mass is 9.63. The summed E-state index contributed by atoms with van der Waals surface area (Å²) in [4.78, 5) is 27.3. The van der Waals surface area contributed by atoms with Crippen molar-refractivity contribution in [2.24, 2.45) is 0 Å². The van der Waals surface area contributed by atoms with E-state index in [2.05, 4.69) is 39.8 Å². The fourth-order valence-corrected chi connectivity index (χ4v) is 6.01. The zero-order chi connectivity index (χ0) is 23.5. The molecule has 1 aliphatic heterocycles. The van der Waals surface area contributed by atoms with Crippen molar-refractivity contribution in [1.29, 1.82) is 0 Å². The van der Waals surface area contributed by atoms with Gasteiger partial charge in [0, 0.05) is 13.5 Å². The maximum Gasteiger partial charge on any atom is 0.308 e. The largest absolute Gasteiger partial charge is 0.349 e. The molecule has 170 valence electrons. The van der Waals surface area contributed by atoms with Crippen LogP contribution in [0.25, 0.3) is 0 Å². The molecule has 2 aromatic rings. The number of halogens is 1. The molecule has 1 amide bonds. The van der Waals surface area contributed by atoms with E-state index < -0.39 is 16.1 Å². The summed E-state index contributed by atoms with van der Waals surface area (Å²) < 4.78 is 19.7. The average Bonchev–Trinajstić information content (AvgIpc) is 2.96. The molecular weight excluding hydrogens is 425 g/mol. The molecule has 4 nitrogen and oxygen atoms in total. The number of hydrogen-bond donors (Lipinski definition) is 0. The van der Waals surface area contributed by atoms with Crippen LogP contribution in [0.15, 0.2) is 36.4 Å². The summed E-state index contributed by atoms with van der Waals surface area (Å²) in [6, 6.07) is 10.4. The first-order valence-corrected chi connectivity index (χ1v) is 11.7. The minimum Gasteiger partial charge on any atom is -0.349 e. The molecular formula is C26H30FNO3S. The number of methoxy groups -OCH3 is 1. The second kappa shape index (κ2) is 7.70. The van der Waals surface area contributed by atoms with Crippen molar-refractivity contribution in [1.82, 2.24) is 0 Å². The van der Waals surface area contributed by atoms with Crippen molar-refractivity contribution in [3.05, 3.63) is 64.5 Å². The summed E-state index contributed by atoms with van der Waals surface area (Å²) in [5, 5.41) is -1.84. The van der Waals surface area contributed by atoms with Gasteiger partial charge in [-0.2, -0.15) is 0 Å². The minimum atomic E-state index is -1.27. The molecule has 6 heteroatoms. The number of nitrogens with zero attached hydrogens (tertiary/aromatic N) is 1. The molecule has 2 aromatic carbocycles. The van der Waals surface area contributed by atoms with E-state index in [0.717, 1.165) is 30.2 Å². The molecule has 0 saturated carbocycles. The number of amides is 1. The van der Waals surface area contributed by atoms with E-state index in [-0.39, 0.29) is 23.1 Å². The summed E-state index contributed by atoms with van der Waals surface area (Å²) in [5.41, 5.74) is 4.72. The van der Waals surface area contributed by atoms with E-state index in [0.29, 0.717) is 11.3 Å². The van der Waals surface area contributed by atoms with Crippen molar-refractivity contribution in [3.63, 3.8) is 0 Å². The van der Waals surface area contributed by atoms with Gasteiger partial charge in [-0.1, -0.05) is 45.9 Å². The topological polar surface area (TPSA) is 46.6 Å². The highest BCUT2D eigenvalue weighted by Gasteiger charge is 2.54. The fourth-order valence-electron chi connectivity index (χ4n) is 4.95. The van der Waals surface area contributed by atoms with Crippen LogP contribution in [0, 0.1) is 12.7 Å². The van der Waals surface area contributed by atoms with Crippen molar-refractivity contribution < 1.29 is 18.7 Å². The smallest absolute Gasteiger partial charge is 0.308 e. The molecule has 0 aromatic heterocycles. The van der Waals surface area contributed by atoms with Crippen LogP contribution in [0.1, 0.15) is 62.8 Å². The monoisotopic (exact) mass is 455 g/mol. The van der Waals surface area contributed by atoms with Crippen LogP contribution in [0.4, 0.5) is 10.1 Å².